The maximum absolute atomic E-state index is 11.6. The molecule has 0 N–H and O–H groups in total. The van der Waals surface area contributed by atoms with Crippen LogP contribution in [-0.2, 0) is 14.4 Å². The molecule has 0 bridgehead atoms. The Balaban J connectivity index is 2.29. The predicted octanol–water partition coefficient (Wildman–Crippen LogP) is -0.344. The summed E-state index contributed by atoms with van der Waals surface area (Å²) in [4.78, 5) is 36.1. The molecule has 0 atom stereocenters. The average molecular weight is 212 g/mol. The zero-order chi connectivity index (χ0) is 11.3. The molecule has 2 amide bonds. The highest BCUT2D eigenvalue weighted by atomic mass is 16.2. The summed E-state index contributed by atoms with van der Waals surface area (Å²) in [6, 6.07) is 0. The van der Waals surface area contributed by atoms with Crippen LogP contribution in [0.3, 0.4) is 0 Å². The van der Waals surface area contributed by atoms with Crippen LogP contribution in [0.1, 0.15) is 19.8 Å². The minimum absolute atomic E-state index is 0.00995. The molecule has 0 spiro atoms. The molecular weight excluding hydrogens is 196 g/mol. The van der Waals surface area contributed by atoms with Crippen molar-refractivity contribution in [3.05, 3.63) is 0 Å². The molecule has 1 aliphatic heterocycles. The van der Waals surface area contributed by atoms with Gasteiger partial charge in [-0.3, -0.25) is 9.59 Å². The minimum atomic E-state index is 0.00995. The fourth-order valence-electron chi connectivity index (χ4n) is 1.52. The smallest absolute Gasteiger partial charge is 0.223 e. The van der Waals surface area contributed by atoms with Gasteiger partial charge in [-0.15, -0.1) is 0 Å². The van der Waals surface area contributed by atoms with Crippen LogP contribution in [0.4, 0.5) is 0 Å². The zero-order valence-electron chi connectivity index (χ0n) is 8.94. The SMILES string of the molecule is CC(=O)CCC(=O)N1CCN(C=O)CC1. The number of carbonyl (C=O) groups is 3. The van der Waals surface area contributed by atoms with Crippen molar-refractivity contribution in [2.75, 3.05) is 26.2 Å². The second kappa shape index (κ2) is 5.48. The molecule has 84 valence electrons. The summed E-state index contributed by atoms with van der Waals surface area (Å²) in [5.74, 6) is 0.0469. The van der Waals surface area contributed by atoms with Crippen molar-refractivity contribution in [1.82, 2.24) is 9.80 Å². The molecule has 0 aromatic carbocycles. The first-order valence-corrected chi connectivity index (χ1v) is 5.10. The standard InChI is InChI=1S/C10H16N2O3/c1-9(14)2-3-10(15)12-6-4-11(8-13)5-7-12/h8H,2-7H2,1H3. The molecule has 0 radical (unpaired) electrons. The molecular formula is C10H16N2O3. The van der Waals surface area contributed by atoms with Crippen molar-refractivity contribution >= 4 is 18.1 Å². The number of carbonyl (C=O) groups excluding carboxylic acids is 3. The van der Waals surface area contributed by atoms with E-state index < -0.39 is 0 Å². The quantitative estimate of drug-likeness (QED) is 0.599. The van der Waals surface area contributed by atoms with E-state index in [4.69, 9.17) is 0 Å². The monoisotopic (exact) mass is 212 g/mol. The topological polar surface area (TPSA) is 57.7 Å². The van der Waals surface area contributed by atoms with Crippen LogP contribution in [0.25, 0.3) is 0 Å². The molecule has 1 saturated heterocycles. The van der Waals surface area contributed by atoms with E-state index >= 15 is 0 Å². The molecule has 1 aliphatic rings. The van der Waals surface area contributed by atoms with E-state index in [0.29, 0.717) is 32.6 Å². The maximum Gasteiger partial charge on any atom is 0.223 e. The Morgan fingerprint density at radius 1 is 1.13 bits per heavy atom. The first-order valence-electron chi connectivity index (χ1n) is 5.10. The predicted molar refractivity (Wildman–Crippen MR) is 54.1 cm³/mol. The first-order chi connectivity index (χ1) is 7.13. The molecule has 1 rings (SSSR count). The van der Waals surface area contributed by atoms with Gasteiger partial charge in [0.25, 0.3) is 0 Å². The second-order valence-corrected chi connectivity index (χ2v) is 3.72. The fourth-order valence-corrected chi connectivity index (χ4v) is 1.52. The number of nitrogens with zero attached hydrogens (tertiary/aromatic N) is 2. The van der Waals surface area contributed by atoms with Gasteiger partial charge < -0.3 is 14.6 Å². The third kappa shape index (κ3) is 3.69. The Labute approximate surface area is 89.0 Å². The number of hydrogen-bond acceptors (Lipinski definition) is 3. The Kier molecular flexibility index (Phi) is 4.27. The molecule has 0 aromatic rings. The lowest BCUT2D eigenvalue weighted by atomic mass is 10.2. The van der Waals surface area contributed by atoms with Crippen molar-refractivity contribution in [3.63, 3.8) is 0 Å². The van der Waals surface area contributed by atoms with Crippen LogP contribution in [0, 0.1) is 0 Å². The molecule has 0 aliphatic carbocycles. The summed E-state index contributed by atoms with van der Waals surface area (Å²) < 4.78 is 0. The molecule has 15 heavy (non-hydrogen) atoms. The Hall–Kier alpha value is -1.39. The van der Waals surface area contributed by atoms with Crippen molar-refractivity contribution in [3.8, 4) is 0 Å². The van der Waals surface area contributed by atoms with Gasteiger partial charge in [-0.1, -0.05) is 0 Å². The van der Waals surface area contributed by atoms with Gasteiger partial charge in [-0.05, 0) is 6.92 Å². The average Bonchev–Trinajstić information content (AvgIpc) is 2.26. The summed E-state index contributed by atoms with van der Waals surface area (Å²) in [6.45, 7) is 3.83. The van der Waals surface area contributed by atoms with Crippen molar-refractivity contribution in [2.45, 2.75) is 19.8 Å². The van der Waals surface area contributed by atoms with Gasteiger partial charge in [0, 0.05) is 39.0 Å². The van der Waals surface area contributed by atoms with Crippen LogP contribution in [0.15, 0.2) is 0 Å². The highest BCUT2D eigenvalue weighted by molar-refractivity contribution is 5.83. The van der Waals surface area contributed by atoms with Gasteiger partial charge in [0.1, 0.15) is 5.78 Å². The summed E-state index contributed by atoms with van der Waals surface area (Å²) in [7, 11) is 0. The van der Waals surface area contributed by atoms with E-state index in [2.05, 4.69) is 0 Å². The Morgan fingerprint density at radius 2 is 1.73 bits per heavy atom. The lowest BCUT2D eigenvalue weighted by Gasteiger charge is -2.32. The fraction of sp³-hybridized carbons (Fsp3) is 0.700. The van der Waals surface area contributed by atoms with Gasteiger partial charge >= 0.3 is 0 Å². The van der Waals surface area contributed by atoms with Crippen molar-refractivity contribution in [2.24, 2.45) is 0 Å². The van der Waals surface area contributed by atoms with E-state index in [-0.39, 0.29) is 18.1 Å². The molecule has 5 nitrogen and oxygen atoms in total. The maximum atomic E-state index is 11.6. The minimum Gasteiger partial charge on any atom is -0.342 e. The van der Waals surface area contributed by atoms with Crippen LogP contribution in [-0.4, -0.2) is 54.1 Å². The number of rotatable bonds is 4. The summed E-state index contributed by atoms with van der Waals surface area (Å²) in [5.41, 5.74) is 0. The Bertz CT molecular complexity index is 257. The van der Waals surface area contributed by atoms with Gasteiger partial charge in [0.15, 0.2) is 0 Å². The van der Waals surface area contributed by atoms with Crippen LogP contribution >= 0.6 is 0 Å². The van der Waals surface area contributed by atoms with Gasteiger partial charge in [0.2, 0.25) is 12.3 Å². The lowest BCUT2D eigenvalue weighted by molar-refractivity contribution is -0.136. The van der Waals surface area contributed by atoms with E-state index in [9.17, 15) is 14.4 Å². The largest absolute Gasteiger partial charge is 0.342 e. The highest BCUT2D eigenvalue weighted by Crippen LogP contribution is 2.03. The third-order valence-corrected chi connectivity index (χ3v) is 2.51. The summed E-state index contributed by atoms with van der Waals surface area (Å²) in [5, 5.41) is 0. The van der Waals surface area contributed by atoms with Gasteiger partial charge in [-0.2, -0.15) is 0 Å². The third-order valence-electron chi connectivity index (χ3n) is 2.51. The number of piperazine rings is 1. The molecule has 1 heterocycles. The van der Waals surface area contributed by atoms with Crippen molar-refractivity contribution < 1.29 is 14.4 Å². The summed E-state index contributed by atoms with van der Waals surface area (Å²) >= 11 is 0. The number of Topliss-reactive ketones (excluding diaryl/α,β-unsaturated/α-hetero) is 1. The number of amides is 2. The molecule has 5 heteroatoms. The second-order valence-electron chi connectivity index (χ2n) is 3.72. The zero-order valence-corrected chi connectivity index (χ0v) is 8.94. The number of ketones is 1. The summed E-state index contributed by atoms with van der Waals surface area (Å²) in [6.07, 6.45) is 1.40. The van der Waals surface area contributed by atoms with Gasteiger partial charge in [-0.25, -0.2) is 0 Å². The van der Waals surface area contributed by atoms with Crippen molar-refractivity contribution in [1.29, 1.82) is 0 Å². The van der Waals surface area contributed by atoms with Crippen LogP contribution in [0.2, 0.25) is 0 Å². The van der Waals surface area contributed by atoms with E-state index in [1.165, 1.54) is 6.92 Å². The first kappa shape index (κ1) is 11.7. The van der Waals surface area contributed by atoms with E-state index in [1.807, 2.05) is 0 Å². The molecule has 0 saturated carbocycles. The lowest BCUT2D eigenvalue weighted by Crippen LogP contribution is -2.48. The van der Waals surface area contributed by atoms with Crippen LogP contribution in [0.5, 0.6) is 0 Å². The van der Waals surface area contributed by atoms with E-state index in [0.717, 1.165) is 6.41 Å². The van der Waals surface area contributed by atoms with E-state index in [1.54, 1.807) is 9.80 Å². The van der Waals surface area contributed by atoms with Crippen LogP contribution < -0.4 is 0 Å². The number of hydrogen-bond donors (Lipinski definition) is 0. The molecule has 1 fully saturated rings. The Morgan fingerprint density at radius 3 is 2.20 bits per heavy atom. The normalized spacial score (nSPS) is 16.3. The van der Waals surface area contributed by atoms with Gasteiger partial charge in [0.05, 0.1) is 0 Å². The highest BCUT2D eigenvalue weighted by Gasteiger charge is 2.19. The molecule has 0 unspecified atom stereocenters. The molecule has 0 aromatic heterocycles.